The standard InChI is InChI=1S/C25H30N6O3/c32-22-5-4-21(24(33)27-22)31-14-19-16(2-1-3-17(19)25(31)34)13-30-10-7-15(8-11-30)23-18-12-26-9-6-20(18)28-29-23/h1-3,15,21,26H,4-14H2,(H,28,29)(H,27,32,33). The van der Waals surface area contributed by atoms with Crippen LogP contribution in [-0.2, 0) is 35.6 Å². The SMILES string of the molecule is O=C1CCC(N2Cc3c(CN4CCC(c5n[nH]c6c5CNCC6)CC4)cccc3C2=O)C(=O)N1. The molecule has 4 aliphatic heterocycles. The second-order valence-corrected chi connectivity index (χ2v) is 9.89. The maximum absolute atomic E-state index is 13.1. The molecule has 3 amide bonds. The van der Waals surface area contributed by atoms with Gasteiger partial charge < -0.3 is 10.2 Å². The van der Waals surface area contributed by atoms with Gasteiger partial charge in [0, 0.05) is 61.8 Å². The van der Waals surface area contributed by atoms with E-state index in [0.717, 1.165) is 63.1 Å². The Balaban J connectivity index is 1.13. The molecule has 2 saturated heterocycles. The van der Waals surface area contributed by atoms with Crippen molar-refractivity contribution >= 4 is 17.7 Å². The quantitative estimate of drug-likeness (QED) is 0.589. The van der Waals surface area contributed by atoms with Crippen LogP contribution in [0.4, 0.5) is 0 Å². The van der Waals surface area contributed by atoms with Crippen LogP contribution in [0.5, 0.6) is 0 Å². The molecule has 1 aromatic carbocycles. The normalized spacial score (nSPS) is 23.7. The maximum Gasteiger partial charge on any atom is 0.255 e. The molecule has 1 unspecified atom stereocenters. The Morgan fingerprint density at radius 3 is 2.71 bits per heavy atom. The highest BCUT2D eigenvalue weighted by Crippen LogP contribution is 2.34. The number of hydrogen-bond acceptors (Lipinski definition) is 6. The number of H-pyrrole nitrogens is 1. The van der Waals surface area contributed by atoms with E-state index in [-0.39, 0.29) is 24.1 Å². The number of carbonyl (C=O) groups excluding carboxylic acids is 3. The molecule has 2 aromatic rings. The zero-order chi connectivity index (χ0) is 23.2. The fourth-order valence-corrected chi connectivity index (χ4v) is 5.99. The van der Waals surface area contributed by atoms with Gasteiger partial charge in [-0.1, -0.05) is 12.1 Å². The summed E-state index contributed by atoms with van der Waals surface area (Å²) in [5.74, 6) is -0.248. The Hall–Kier alpha value is -3.04. The summed E-state index contributed by atoms with van der Waals surface area (Å²) in [6.07, 6.45) is 3.84. The Bertz CT molecular complexity index is 1150. The van der Waals surface area contributed by atoms with E-state index in [1.165, 1.54) is 17.0 Å². The summed E-state index contributed by atoms with van der Waals surface area (Å²) in [4.78, 5) is 41.1. The van der Waals surface area contributed by atoms with Crippen LogP contribution in [0.3, 0.4) is 0 Å². The molecule has 1 atom stereocenters. The third-order valence-electron chi connectivity index (χ3n) is 7.89. The number of nitrogens with one attached hydrogen (secondary N) is 3. The van der Waals surface area contributed by atoms with Crippen molar-refractivity contribution in [2.45, 2.75) is 63.7 Å². The molecular weight excluding hydrogens is 432 g/mol. The summed E-state index contributed by atoms with van der Waals surface area (Å²) in [5.41, 5.74) is 6.77. The molecule has 0 aliphatic carbocycles. The van der Waals surface area contributed by atoms with Gasteiger partial charge in [0.25, 0.3) is 5.91 Å². The number of aromatic amines is 1. The lowest BCUT2D eigenvalue weighted by atomic mass is 9.89. The molecule has 0 spiro atoms. The highest BCUT2D eigenvalue weighted by molar-refractivity contribution is 6.05. The third kappa shape index (κ3) is 3.73. The molecule has 5 heterocycles. The molecule has 0 bridgehead atoms. The predicted octanol–water partition coefficient (Wildman–Crippen LogP) is 1.20. The van der Waals surface area contributed by atoms with E-state index in [0.29, 0.717) is 24.4 Å². The van der Waals surface area contributed by atoms with Crippen molar-refractivity contribution < 1.29 is 14.4 Å². The lowest BCUT2D eigenvalue weighted by molar-refractivity contribution is -0.136. The first kappa shape index (κ1) is 21.5. The predicted molar refractivity (Wildman–Crippen MR) is 124 cm³/mol. The molecule has 2 fully saturated rings. The minimum atomic E-state index is -0.574. The van der Waals surface area contributed by atoms with Gasteiger partial charge in [-0.15, -0.1) is 0 Å². The van der Waals surface area contributed by atoms with E-state index < -0.39 is 6.04 Å². The molecule has 1 aromatic heterocycles. The van der Waals surface area contributed by atoms with Crippen molar-refractivity contribution in [3.63, 3.8) is 0 Å². The summed E-state index contributed by atoms with van der Waals surface area (Å²) >= 11 is 0. The highest BCUT2D eigenvalue weighted by Gasteiger charge is 2.40. The number of amides is 3. The van der Waals surface area contributed by atoms with Crippen LogP contribution in [0.15, 0.2) is 18.2 Å². The fourth-order valence-electron chi connectivity index (χ4n) is 5.99. The average molecular weight is 463 g/mol. The van der Waals surface area contributed by atoms with Gasteiger partial charge in [-0.3, -0.25) is 29.7 Å². The Morgan fingerprint density at radius 1 is 1.03 bits per heavy atom. The van der Waals surface area contributed by atoms with Gasteiger partial charge in [0.2, 0.25) is 11.8 Å². The smallest absolute Gasteiger partial charge is 0.255 e. The van der Waals surface area contributed by atoms with E-state index in [2.05, 4.69) is 31.8 Å². The Labute approximate surface area is 198 Å². The van der Waals surface area contributed by atoms with Crippen molar-refractivity contribution in [3.05, 3.63) is 51.8 Å². The molecule has 9 heteroatoms. The minimum Gasteiger partial charge on any atom is -0.322 e. The molecule has 9 nitrogen and oxygen atoms in total. The topological polar surface area (TPSA) is 110 Å². The van der Waals surface area contributed by atoms with Gasteiger partial charge >= 0.3 is 0 Å². The van der Waals surface area contributed by atoms with Crippen LogP contribution in [0.1, 0.15) is 70.0 Å². The van der Waals surface area contributed by atoms with E-state index in [9.17, 15) is 14.4 Å². The molecule has 0 radical (unpaired) electrons. The largest absolute Gasteiger partial charge is 0.322 e. The van der Waals surface area contributed by atoms with Crippen LogP contribution in [0.2, 0.25) is 0 Å². The monoisotopic (exact) mass is 462 g/mol. The fraction of sp³-hybridized carbons (Fsp3) is 0.520. The van der Waals surface area contributed by atoms with Crippen molar-refractivity contribution in [3.8, 4) is 0 Å². The van der Waals surface area contributed by atoms with E-state index in [1.54, 1.807) is 4.90 Å². The number of piperidine rings is 2. The average Bonchev–Trinajstić information content (AvgIpc) is 3.42. The van der Waals surface area contributed by atoms with Crippen LogP contribution < -0.4 is 10.6 Å². The van der Waals surface area contributed by atoms with Crippen LogP contribution in [0, 0.1) is 0 Å². The Morgan fingerprint density at radius 2 is 1.88 bits per heavy atom. The number of hydrogen-bond donors (Lipinski definition) is 3. The highest BCUT2D eigenvalue weighted by atomic mass is 16.2. The van der Waals surface area contributed by atoms with Crippen molar-refractivity contribution in [2.75, 3.05) is 19.6 Å². The maximum atomic E-state index is 13.1. The van der Waals surface area contributed by atoms with Crippen molar-refractivity contribution in [1.29, 1.82) is 0 Å². The van der Waals surface area contributed by atoms with Crippen LogP contribution in [0.25, 0.3) is 0 Å². The summed E-state index contributed by atoms with van der Waals surface area (Å²) in [5, 5.41) is 13.8. The van der Waals surface area contributed by atoms with Gasteiger partial charge in [-0.2, -0.15) is 5.10 Å². The number of aromatic nitrogens is 2. The summed E-state index contributed by atoms with van der Waals surface area (Å²) in [6.45, 7) is 5.14. The minimum absolute atomic E-state index is 0.109. The van der Waals surface area contributed by atoms with Gasteiger partial charge in [0.1, 0.15) is 6.04 Å². The van der Waals surface area contributed by atoms with E-state index in [4.69, 9.17) is 0 Å². The van der Waals surface area contributed by atoms with E-state index >= 15 is 0 Å². The lowest BCUT2D eigenvalue weighted by Gasteiger charge is -2.32. The van der Waals surface area contributed by atoms with Crippen LogP contribution in [-0.4, -0.2) is 63.4 Å². The molecule has 0 saturated carbocycles. The lowest BCUT2D eigenvalue weighted by Crippen LogP contribution is -2.52. The van der Waals surface area contributed by atoms with Gasteiger partial charge in [-0.25, -0.2) is 0 Å². The first-order valence-electron chi connectivity index (χ1n) is 12.3. The number of rotatable bonds is 4. The number of likely N-dealkylation sites (tertiary alicyclic amines) is 1. The number of imide groups is 1. The molecule has 6 rings (SSSR count). The van der Waals surface area contributed by atoms with Gasteiger partial charge in [-0.05, 0) is 49.5 Å². The summed E-state index contributed by atoms with van der Waals surface area (Å²) in [7, 11) is 0. The number of benzene rings is 1. The second-order valence-electron chi connectivity index (χ2n) is 9.89. The van der Waals surface area contributed by atoms with Crippen LogP contribution >= 0.6 is 0 Å². The molecule has 4 aliphatic rings. The summed E-state index contributed by atoms with van der Waals surface area (Å²) < 4.78 is 0. The second kappa shape index (κ2) is 8.63. The Kier molecular flexibility index (Phi) is 5.45. The number of fused-ring (bicyclic) bond motifs is 2. The van der Waals surface area contributed by atoms with Crippen molar-refractivity contribution in [1.82, 2.24) is 30.6 Å². The zero-order valence-corrected chi connectivity index (χ0v) is 19.2. The first-order valence-corrected chi connectivity index (χ1v) is 12.3. The van der Waals surface area contributed by atoms with E-state index in [1.807, 2.05) is 12.1 Å². The van der Waals surface area contributed by atoms with Gasteiger partial charge in [0.05, 0.1) is 5.69 Å². The molecule has 178 valence electrons. The summed E-state index contributed by atoms with van der Waals surface area (Å²) in [6, 6.07) is 5.32. The zero-order valence-electron chi connectivity index (χ0n) is 19.2. The van der Waals surface area contributed by atoms with Gasteiger partial charge in [0.15, 0.2) is 0 Å². The molecule has 34 heavy (non-hydrogen) atoms. The molecule has 3 N–H and O–H groups in total. The number of carbonyl (C=O) groups is 3. The number of nitrogens with zero attached hydrogens (tertiary/aromatic N) is 3. The molecular formula is C25H30N6O3. The van der Waals surface area contributed by atoms with Crippen molar-refractivity contribution in [2.24, 2.45) is 0 Å². The third-order valence-corrected chi connectivity index (χ3v) is 7.89. The first-order chi connectivity index (χ1) is 16.6.